The average Bonchev–Trinajstić information content (AvgIpc) is 2.23. The molecule has 0 unspecified atom stereocenters. The number of hydrogen-bond donors (Lipinski definition) is 1. The summed E-state index contributed by atoms with van der Waals surface area (Å²) in [6, 6.07) is 4.78. The number of phenols is 1. The molecule has 76 valence electrons. The van der Waals surface area contributed by atoms with Gasteiger partial charge in [0.15, 0.2) is 11.6 Å². The molecule has 14 heavy (non-hydrogen) atoms. The Hall–Kier alpha value is -1.05. The van der Waals surface area contributed by atoms with Gasteiger partial charge in [-0.25, -0.2) is 4.39 Å². The van der Waals surface area contributed by atoms with Gasteiger partial charge in [0.1, 0.15) is 0 Å². The van der Waals surface area contributed by atoms with Crippen molar-refractivity contribution >= 4 is 0 Å². The Morgan fingerprint density at radius 3 is 2.50 bits per heavy atom. The quantitative estimate of drug-likeness (QED) is 0.724. The summed E-state index contributed by atoms with van der Waals surface area (Å²) in [5.41, 5.74) is 1.04. The van der Waals surface area contributed by atoms with Crippen LogP contribution in [0.15, 0.2) is 18.2 Å². The Morgan fingerprint density at radius 1 is 1.14 bits per heavy atom. The van der Waals surface area contributed by atoms with Crippen molar-refractivity contribution in [3.8, 4) is 5.75 Å². The van der Waals surface area contributed by atoms with Gasteiger partial charge in [-0.05, 0) is 36.5 Å². The van der Waals surface area contributed by atoms with Crippen molar-refractivity contribution in [2.24, 2.45) is 0 Å². The predicted octanol–water partition coefficient (Wildman–Crippen LogP) is 3.58. The van der Waals surface area contributed by atoms with Crippen LogP contribution in [0.1, 0.15) is 43.6 Å². The maximum absolute atomic E-state index is 13.1. The fraction of sp³-hybridized carbons (Fsp3) is 0.500. The Kier molecular flexibility index (Phi) is 2.71. The minimum Gasteiger partial charge on any atom is -0.505 e. The van der Waals surface area contributed by atoms with E-state index in [2.05, 4.69) is 0 Å². The Bertz CT molecular complexity index is 316. The third kappa shape index (κ3) is 1.89. The van der Waals surface area contributed by atoms with E-state index in [4.69, 9.17) is 5.11 Å². The minimum absolute atomic E-state index is 0.246. The summed E-state index contributed by atoms with van der Waals surface area (Å²) in [4.78, 5) is 0. The number of benzene rings is 1. The van der Waals surface area contributed by atoms with Crippen LogP contribution in [0.25, 0.3) is 0 Å². The van der Waals surface area contributed by atoms with Gasteiger partial charge in [-0.2, -0.15) is 0 Å². The first kappa shape index (κ1) is 9.50. The number of aromatic hydroxyl groups is 1. The molecule has 0 atom stereocenters. The lowest BCUT2D eigenvalue weighted by Crippen LogP contribution is -2.04. The van der Waals surface area contributed by atoms with E-state index < -0.39 is 5.82 Å². The Morgan fingerprint density at radius 2 is 1.86 bits per heavy atom. The van der Waals surface area contributed by atoms with Crippen molar-refractivity contribution in [1.82, 2.24) is 0 Å². The van der Waals surface area contributed by atoms with Crippen LogP contribution < -0.4 is 0 Å². The third-order valence-corrected chi connectivity index (χ3v) is 3.05. The predicted molar refractivity (Wildman–Crippen MR) is 53.9 cm³/mol. The second kappa shape index (κ2) is 3.99. The van der Waals surface area contributed by atoms with Crippen LogP contribution in [0.4, 0.5) is 4.39 Å². The monoisotopic (exact) mass is 194 g/mol. The van der Waals surface area contributed by atoms with Crippen molar-refractivity contribution < 1.29 is 9.50 Å². The van der Waals surface area contributed by atoms with Crippen LogP contribution >= 0.6 is 0 Å². The third-order valence-electron chi connectivity index (χ3n) is 3.05. The topological polar surface area (TPSA) is 20.2 Å². The molecule has 0 heterocycles. The second-order valence-corrected chi connectivity index (χ2v) is 4.05. The second-order valence-electron chi connectivity index (χ2n) is 4.05. The smallest absolute Gasteiger partial charge is 0.165 e. The van der Waals surface area contributed by atoms with Crippen LogP contribution in [-0.2, 0) is 0 Å². The van der Waals surface area contributed by atoms with E-state index in [-0.39, 0.29) is 5.75 Å². The van der Waals surface area contributed by atoms with E-state index in [1.807, 2.05) is 6.07 Å². The molecular weight excluding hydrogens is 179 g/mol. The summed E-state index contributed by atoms with van der Waals surface area (Å²) in [5, 5.41) is 9.07. The largest absolute Gasteiger partial charge is 0.505 e. The lowest BCUT2D eigenvalue weighted by atomic mass is 9.84. The van der Waals surface area contributed by atoms with E-state index in [1.54, 1.807) is 0 Å². The number of hydrogen-bond acceptors (Lipinski definition) is 1. The van der Waals surface area contributed by atoms with Gasteiger partial charge in [-0.1, -0.05) is 25.3 Å². The zero-order chi connectivity index (χ0) is 9.97. The molecule has 0 saturated heterocycles. The van der Waals surface area contributed by atoms with E-state index in [9.17, 15) is 4.39 Å². The van der Waals surface area contributed by atoms with Gasteiger partial charge in [0.2, 0.25) is 0 Å². The SMILES string of the molecule is Oc1ccc(C2CCCCC2)cc1F. The van der Waals surface area contributed by atoms with Crippen LogP contribution in [0.2, 0.25) is 0 Å². The van der Waals surface area contributed by atoms with Gasteiger partial charge < -0.3 is 5.11 Å². The van der Waals surface area contributed by atoms with Gasteiger partial charge in [0.25, 0.3) is 0 Å². The number of phenolic OH excluding ortho intramolecular Hbond substituents is 1. The lowest BCUT2D eigenvalue weighted by Gasteiger charge is -2.21. The summed E-state index contributed by atoms with van der Waals surface area (Å²) in [6.45, 7) is 0. The number of halogens is 1. The molecule has 1 aromatic rings. The van der Waals surface area contributed by atoms with Crippen molar-refractivity contribution in [2.45, 2.75) is 38.0 Å². The highest BCUT2D eigenvalue weighted by atomic mass is 19.1. The molecule has 1 N–H and O–H groups in total. The van der Waals surface area contributed by atoms with Crippen molar-refractivity contribution in [3.63, 3.8) is 0 Å². The fourth-order valence-electron chi connectivity index (χ4n) is 2.21. The van der Waals surface area contributed by atoms with Crippen LogP contribution in [0, 0.1) is 5.82 Å². The molecular formula is C12H15FO. The molecule has 0 amide bonds. The molecule has 1 aliphatic carbocycles. The molecule has 2 heteroatoms. The molecule has 0 aromatic heterocycles. The van der Waals surface area contributed by atoms with E-state index in [1.165, 1.54) is 31.4 Å². The summed E-state index contributed by atoms with van der Waals surface area (Å²) >= 11 is 0. The molecule has 1 fully saturated rings. The van der Waals surface area contributed by atoms with Gasteiger partial charge in [0, 0.05) is 0 Å². The molecule has 1 nitrogen and oxygen atoms in total. The highest BCUT2D eigenvalue weighted by Gasteiger charge is 2.16. The summed E-state index contributed by atoms with van der Waals surface area (Å²) < 4.78 is 13.1. The molecule has 0 spiro atoms. The van der Waals surface area contributed by atoms with Gasteiger partial charge >= 0.3 is 0 Å². The molecule has 0 bridgehead atoms. The van der Waals surface area contributed by atoms with Crippen LogP contribution in [0.3, 0.4) is 0 Å². The van der Waals surface area contributed by atoms with Crippen molar-refractivity contribution in [1.29, 1.82) is 0 Å². The van der Waals surface area contributed by atoms with E-state index in [0.717, 1.165) is 18.4 Å². The highest BCUT2D eigenvalue weighted by Crippen LogP contribution is 2.33. The van der Waals surface area contributed by atoms with Gasteiger partial charge in [0.05, 0.1) is 0 Å². The normalized spacial score (nSPS) is 18.4. The standard InChI is InChI=1S/C12H15FO/c13-11-8-10(6-7-12(11)14)9-4-2-1-3-5-9/h6-9,14H,1-5H2. The fourth-order valence-corrected chi connectivity index (χ4v) is 2.21. The molecule has 2 rings (SSSR count). The molecule has 1 aliphatic rings. The maximum Gasteiger partial charge on any atom is 0.165 e. The lowest BCUT2D eigenvalue weighted by molar-refractivity contribution is 0.423. The first-order valence-corrected chi connectivity index (χ1v) is 5.26. The van der Waals surface area contributed by atoms with Gasteiger partial charge in [-0.15, -0.1) is 0 Å². The molecule has 0 aliphatic heterocycles. The summed E-state index contributed by atoms with van der Waals surface area (Å²) in [5.74, 6) is -0.239. The number of rotatable bonds is 1. The zero-order valence-corrected chi connectivity index (χ0v) is 8.17. The average molecular weight is 194 g/mol. The summed E-state index contributed by atoms with van der Waals surface area (Å²) in [7, 11) is 0. The zero-order valence-electron chi connectivity index (χ0n) is 8.17. The highest BCUT2D eigenvalue weighted by molar-refractivity contribution is 5.30. The van der Waals surface area contributed by atoms with E-state index >= 15 is 0 Å². The van der Waals surface area contributed by atoms with Crippen molar-refractivity contribution in [3.05, 3.63) is 29.6 Å². The van der Waals surface area contributed by atoms with Crippen LogP contribution in [0.5, 0.6) is 5.75 Å². The maximum atomic E-state index is 13.1. The van der Waals surface area contributed by atoms with Crippen LogP contribution in [-0.4, -0.2) is 5.11 Å². The Labute approximate surface area is 83.6 Å². The Balaban J connectivity index is 2.18. The first-order valence-electron chi connectivity index (χ1n) is 5.26. The molecule has 0 radical (unpaired) electrons. The molecule has 1 aromatic carbocycles. The van der Waals surface area contributed by atoms with Crippen molar-refractivity contribution in [2.75, 3.05) is 0 Å². The molecule has 1 saturated carbocycles. The van der Waals surface area contributed by atoms with E-state index in [0.29, 0.717) is 5.92 Å². The van der Waals surface area contributed by atoms with Gasteiger partial charge in [-0.3, -0.25) is 0 Å². The summed E-state index contributed by atoms with van der Waals surface area (Å²) in [6.07, 6.45) is 6.10. The first-order chi connectivity index (χ1) is 6.77. The minimum atomic E-state index is -0.493.